The van der Waals surface area contributed by atoms with E-state index in [1.54, 1.807) is 0 Å². The highest BCUT2D eigenvalue weighted by molar-refractivity contribution is 5.14. The number of hydrogen-bond donors (Lipinski definition) is 2. The minimum absolute atomic E-state index is 0.0735. The van der Waals surface area contributed by atoms with E-state index in [4.69, 9.17) is 0 Å². The number of aliphatic hydroxyl groups is 2. The molecule has 4 saturated carbocycles. The van der Waals surface area contributed by atoms with E-state index in [0.717, 1.165) is 55.3 Å². The van der Waals surface area contributed by atoms with Crippen molar-refractivity contribution in [1.82, 2.24) is 0 Å². The topological polar surface area (TPSA) is 40.5 Å². The Balaban J connectivity index is 1.50. The summed E-state index contributed by atoms with van der Waals surface area (Å²) in [5.74, 6) is 4.82. The minimum Gasteiger partial charge on any atom is -0.393 e. The van der Waals surface area contributed by atoms with Crippen LogP contribution in [0.2, 0.25) is 0 Å². The van der Waals surface area contributed by atoms with Crippen molar-refractivity contribution in [2.75, 3.05) is 0 Å². The molecule has 0 amide bonds. The van der Waals surface area contributed by atoms with Crippen LogP contribution in [0.1, 0.15) is 112 Å². The second kappa shape index (κ2) is 7.80. The number of hydrogen-bond acceptors (Lipinski definition) is 2. The molecule has 0 saturated heterocycles. The summed E-state index contributed by atoms with van der Waals surface area (Å²) >= 11 is 0. The lowest BCUT2D eigenvalue weighted by Gasteiger charge is -2.64. The van der Waals surface area contributed by atoms with Gasteiger partial charge in [0.1, 0.15) is 0 Å². The first-order valence-corrected chi connectivity index (χ1v) is 13.0. The molecule has 168 valence electrons. The third kappa shape index (κ3) is 3.53. The molecule has 0 spiro atoms. The van der Waals surface area contributed by atoms with Crippen LogP contribution < -0.4 is 0 Å². The summed E-state index contributed by atoms with van der Waals surface area (Å²) in [6.45, 7) is 12.2. The zero-order chi connectivity index (χ0) is 21.0. The zero-order valence-electron chi connectivity index (χ0n) is 19.9. The van der Waals surface area contributed by atoms with Crippen LogP contribution in [-0.4, -0.2) is 21.9 Å². The lowest BCUT2D eigenvalue weighted by Crippen LogP contribution is -2.62. The monoisotopic (exact) mass is 404 g/mol. The van der Waals surface area contributed by atoms with Crippen molar-refractivity contribution < 1.29 is 10.2 Å². The smallest absolute Gasteiger partial charge is 0.0705 e. The summed E-state index contributed by atoms with van der Waals surface area (Å²) in [7, 11) is 0. The van der Waals surface area contributed by atoms with E-state index >= 15 is 0 Å². The van der Waals surface area contributed by atoms with E-state index in [0.29, 0.717) is 11.3 Å². The highest BCUT2D eigenvalue weighted by Crippen LogP contribution is 2.69. The summed E-state index contributed by atoms with van der Waals surface area (Å²) in [6.07, 6.45) is 14.1. The van der Waals surface area contributed by atoms with Crippen molar-refractivity contribution in [3.63, 3.8) is 0 Å². The van der Waals surface area contributed by atoms with Crippen LogP contribution in [0.5, 0.6) is 0 Å². The molecular formula is C27H48O2. The van der Waals surface area contributed by atoms with Crippen LogP contribution in [0.25, 0.3) is 0 Å². The largest absolute Gasteiger partial charge is 0.393 e. The van der Waals surface area contributed by atoms with Gasteiger partial charge in [0, 0.05) is 5.41 Å². The van der Waals surface area contributed by atoms with Crippen LogP contribution >= 0.6 is 0 Å². The Labute approximate surface area is 180 Å². The van der Waals surface area contributed by atoms with Gasteiger partial charge in [-0.25, -0.2) is 0 Å². The zero-order valence-corrected chi connectivity index (χ0v) is 19.9. The maximum Gasteiger partial charge on any atom is 0.0705 e. The van der Waals surface area contributed by atoms with Crippen LogP contribution in [0.3, 0.4) is 0 Å². The van der Waals surface area contributed by atoms with Gasteiger partial charge in [0.15, 0.2) is 0 Å². The third-order valence-corrected chi connectivity index (χ3v) is 11.0. The fourth-order valence-electron chi connectivity index (χ4n) is 9.29. The highest BCUT2D eigenvalue weighted by atomic mass is 16.3. The maximum absolute atomic E-state index is 11.6. The van der Waals surface area contributed by atoms with Gasteiger partial charge in [-0.3, -0.25) is 0 Å². The Morgan fingerprint density at radius 3 is 2.31 bits per heavy atom. The van der Waals surface area contributed by atoms with Crippen molar-refractivity contribution in [3.05, 3.63) is 0 Å². The van der Waals surface area contributed by atoms with Gasteiger partial charge < -0.3 is 10.2 Å². The lowest BCUT2D eigenvalue weighted by atomic mass is 9.43. The van der Waals surface area contributed by atoms with Crippen LogP contribution in [0, 0.1) is 46.3 Å². The average Bonchev–Trinajstić information content (AvgIpc) is 3.00. The Kier molecular flexibility index (Phi) is 5.95. The van der Waals surface area contributed by atoms with Gasteiger partial charge in [0.05, 0.1) is 11.7 Å². The molecule has 0 aromatic carbocycles. The number of rotatable bonds is 5. The Morgan fingerprint density at radius 1 is 0.862 bits per heavy atom. The Morgan fingerprint density at radius 2 is 1.59 bits per heavy atom. The second-order valence-corrected chi connectivity index (χ2v) is 12.8. The summed E-state index contributed by atoms with van der Waals surface area (Å²) < 4.78 is 0. The molecule has 0 unspecified atom stereocenters. The fourth-order valence-corrected chi connectivity index (χ4v) is 9.29. The molecule has 0 bridgehead atoms. The van der Waals surface area contributed by atoms with Crippen LogP contribution in [-0.2, 0) is 0 Å². The molecule has 2 N–H and O–H groups in total. The first kappa shape index (κ1) is 22.1. The lowest BCUT2D eigenvalue weighted by molar-refractivity contribution is -0.220. The third-order valence-electron chi connectivity index (χ3n) is 11.0. The highest BCUT2D eigenvalue weighted by Gasteiger charge is 2.64. The van der Waals surface area contributed by atoms with Gasteiger partial charge in [-0.2, -0.15) is 0 Å². The SMILES string of the molecule is CC(C)CCC[C@@H](C)[C@H]1CC[C@H]2[C@@H]3CC[C@@]4(O)CC[C@@H](O)C[C@]4(C)[C@H]3CC[C@]12C. The molecule has 0 heterocycles. The molecule has 0 aromatic rings. The fraction of sp³-hybridized carbons (Fsp3) is 1.00. The molecule has 2 heteroatoms. The summed E-state index contributed by atoms with van der Waals surface area (Å²) in [4.78, 5) is 0. The summed E-state index contributed by atoms with van der Waals surface area (Å²) in [5.41, 5.74) is -0.0866. The van der Waals surface area contributed by atoms with Gasteiger partial charge in [0.25, 0.3) is 0 Å². The predicted octanol–water partition coefficient (Wildman–Crippen LogP) is 6.58. The average molecular weight is 405 g/mol. The molecule has 0 aromatic heterocycles. The molecule has 4 aliphatic carbocycles. The Bertz CT molecular complexity index is 587. The molecule has 9 atom stereocenters. The predicted molar refractivity (Wildman–Crippen MR) is 121 cm³/mol. The van der Waals surface area contributed by atoms with Crippen molar-refractivity contribution in [2.24, 2.45) is 46.3 Å². The standard InChI is InChI=1S/C27H48O2/c1-18(2)7-6-8-19(3)22-9-10-23-21-12-16-27(29)15-11-20(28)17-26(27,5)24(21)13-14-25(22,23)4/h18-24,28-29H,6-17H2,1-5H3/t19-,20-,21+,22-,23+,24+,25-,26-,27+/m1/s1. The normalized spacial score (nSPS) is 50.7. The van der Waals surface area contributed by atoms with Gasteiger partial charge in [0.2, 0.25) is 0 Å². The molecule has 2 nitrogen and oxygen atoms in total. The second-order valence-electron chi connectivity index (χ2n) is 12.8. The minimum atomic E-state index is -0.525. The number of aliphatic hydroxyl groups excluding tert-OH is 1. The molecule has 0 radical (unpaired) electrons. The van der Waals surface area contributed by atoms with Gasteiger partial charge >= 0.3 is 0 Å². The van der Waals surface area contributed by atoms with Gasteiger partial charge in [-0.05, 0) is 98.7 Å². The molecule has 4 aliphatic rings. The first-order valence-electron chi connectivity index (χ1n) is 13.0. The van der Waals surface area contributed by atoms with E-state index in [9.17, 15) is 10.2 Å². The van der Waals surface area contributed by atoms with Crippen LogP contribution in [0.4, 0.5) is 0 Å². The molecule has 4 fully saturated rings. The van der Waals surface area contributed by atoms with E-state index in [-0.39, 0.29) is 11.5 Å². The van der Waals surface area contributed by atoms with Crippen molar-refractivity contribution in [2.45, 2.75) is 123 Å². The van der Waals surface area contributed by atoms with Crippen molar-refractivity contribution in [3.8, 4) is 0 Å². The first-order chi connectivity index (χ1) is 13.6. The summed E-state index contributed by atoms with van der Waals surface area (Å²) in [6, 6.07) is 0. The molecular weight excluding hydrogens is 356 g/mol. The number of fused-ring (bicyclic) bond motifs is 5. The van der Waals surface area contributed by atoms with Crippen LogP contribution in [0.15, 0.2) is 0 Å². The molecule has 4 rings (SSSR count). The maximum atomic E-state index is 11.6. The van der Waals surface area contributed by atoms with Gasteiger partial charge in [-0.1, -0.05) is 53.9 Å². The Hall–Kier alpha value is -0.0800. The van der Waals surface area contributed by atoms with Crippen molar-refractivity contribution in [1.29, 1.82) is 0 Å². The van der Waals surface area contributed by atoms with Gasteiger partial charge in [-0.15, -0.1) is 0 Å². The van der Waals surface area contributed by atoms with E-state index in [1.165, 1.54) is 51.4 Å². The van der Waals surface area contributed by atoms with E-state index < -0.39 is 5.60 Å². The van der Waals surface area contributed by atoms with Crippen molar-refractivity contribution >= 4 is 0 Å². The van der Waals surface area contributed by atoms with E-state index in [1.807, 2.05) is 0 Å². The summed E-state index contributed by atoms with van der Waals surface area (Å²) in [5, 5.41) is 22.1. The van der Waals surface area contributed by atoms with E-state index in [2.05, 4.69) is 34.6 Å². The quantitative estimate of drug-likeness (QED) is 0.543. The molecule has 0 aliphatic heterocycles. The molecule has 29 heavy (non-hydrogen) atoms.